The fourth-order valence-corrected chi connectivity index (χ4v) is 1.69. The second kappa shape index (κ2) is 6.30. The van der Waals surface area contributed by atoms with Crippen LogP contribution in [0.2, 0.25) is 0 Å². The molecule has 6 heteroatoms. The topological polar surface area (TPSA) is 84.5 Å². The Hall–Kier alpha value is -2.50. The molecule has 0 saturated heterocycles. The lowest BCUT2D eigenvalue weighted by molar-refractivity contribution is 0.0919. The van der Waals surface area contributed by atoms with E-state index in [-0.39, 0.29) is 17.2 Å². The van der Waals surface area contributed by atoms with Gasteiger partial charge in [0.05, 0.1) is 23.7 Å². The molecule has 0 aliphatic carbocycles. The van der Waals surface area contributed by atoms with Crippen molar-refractivity contribution >= 4 is 11.8 Å². The number of carbonyl (C=O) groups is 2. The number of rotatable bonds is 6. The molecule has 2 heterocycles. The van der Waals surface area contributed by atoms with Gasteiger partial charge in [0.25, 0.3) is 11.8 Å². The monoisotopic (exact) mass is 290 g/mol. The molecule has 0 radical (unpaired) electrons. The summed E-state index contributed by atoms with van der Waals surface area (Å²) in [5.74, 6) is -0.393. The summed E-state index contributed by atoms with van der Waals surface area (Å²) in [6, 6.07) is 3.20. The second-order valence-corrected chi connectivity index (χ2v) is 5.55. The number of carbonyl (C=O) groups excluding carboxylic acids is 2. The maximum Gasteiger partial charge on any atom is 0.254 e. The lowest BCUT2D eigenvalue weighted by atomic mass is 9.93. The fraction of sp³-hybridized carbons (Fsp3) is 0.333. The summed E-state index contributed by atoms with van der Waals surface area (Å²) in [6.45, 7) is 4.78. The van der Waals surface area contributed by atoms with Gasteiger partial charge in [-0.2, -0.15) is 0 Å². The van der Waals surface area contributed by atoms with Crippen LogP contribution in [0, 0.1) is 5.41 Å². The van der Waals surface area contributed by atoms with Gasteiger partial charge in [-0.15, -0.1) is 0 Å². The third-order valence-corrected chi connectivity index (χ3v) is 3.02. The van der Waals surface area contributed by atoms with Crippen molar-refractivity contribution in [1.29, 1.82) is 0 Å². The Balaban J connectivity index is 1.79. The Morgan fingerprint density at radius 3 is 1.71 bits per heavy atom. The molecule has 0 saturated carbocycles. The van der Waals surface area contributed by atoms with Crippen LogP contribution in [0.15, 0.2) is 46.0 Å². The van der Waals surface area contributed by atoms with Gasteiger partial charge >= 0.3 is 0 Å². The molecule has 0 aliphatic rings. The van der Waals surface area contributed by atoms with Gasteiger partial charge in [-0.1, -0.05) is 13.8 Å². The highest BCUT2D eigenvalue weighted by molar-refractivity contribution is 5.94. The first-order valence-corrected chi connectivity index (χ1v) is 6.59. The Labute approximate surface area is 122 Å². The van der Waals surface area contributed by atoms with Gasteiger partial charge in [0.1, 0.15) is 12.5 Å². The number of furan rings is 2. The lowest BCUT2D eigenvalue weighted by Crippen LogP contribution is -2.41. The SMILES string of the molecule is CC(C)(CNC(=O)c1ccoc1)CNC(=O)c1ccoc1. The summed E-state index contributed by atoms with van der Waals surface area (Å²) in [6.07, 6.45) is 5.68. The molecule has 112 valence electrons. The van der Waals surface area contributed by atoms with E-state index in [4.69, 9.17) is 8.83 Å². The zero-order valence-corrected chi connectivity index (χ0v) is 12.0. The average Bonchev–Trinajstić information content (AvgIpc) is 3.14. The van der Waals surface area contributed by atoms with Crippen LogP contribution in [0.5, 0.6) is 0 Å². The normalized spacial score (nSPS) is 11.1. The van der Waals surface area contributed by atoms with Crippen LogP contribution in [0.1, 0.15) is 34.6 Å². The summed E-state index contributed by atoms with van der Waals surface area (Å²) in [4.78, 5) is 23.6. The van der Waals surface area contributed by atoms with Gasteiger partial charge in [-0.05, 0) is 17.5 Å². The predicted molar refractivity (Wildman–Crippen MR) is 75.9 cm³/mol. The molecule has 0 bridgehead atoms. The Kier molecular flexibility index (Phi) is 4.47. The van der Waals surface area contributed by atoms with E-state index in [1.165, 1.54) is 25.1 Å². The van der Waals surface area contributed by atoms with E-state index in [2.05, 4.69) is 10.6 Å². The van der Waals surface area contributed by atoms with E-state index >= 15 is 0 Å². The maximum absolute atomic E-state index is 11.8. The number of hydrogen-bond donors (Lipinski definition) is 2. The van der Waals surface area contributed by atoms with Crippen molar-refractivity contribution in [3.8, 4) is 0 Å². The van der Waals surface area contributed by atoms with Crippen LogP contribution >= 0.6 is 0 Å². The van der Waals surface area contributed by atoms with Crippen molar-refractivity contribution < 1.29 is 18.4 Å². The van der Waals surface area contributed by atoms with Gasteiger partial charge in [0.2, 0.25) is 0 Å². The highest BCUT2D eigenvalue weighted by atomic mass is 16.3. The number of nitrogens with one attached hydrogen (secondary N) is 2. The first kappa shape index (κ1) is 14.9. The minimum Gasteiger partial charge on any atom is -0.472 e. The van der Waals surface area contributed by atoms with E-state index in [0.29, 0.717) is 24.2 Å². The van der Waals surface area contributed by atoms with Gasteiger partial charge < -0.3 is 19.5 Å². The van der Waals surface area contributed by atoms with Gasteiger partial charge in [-0.3, -0.25) is 9.59 Å². The van der Waals surface area contributed by atoms with Crippen LogP contribution in [0.4, 0.5) is 0 Å². The smallest absolute Gasteiger partial charge is 0.254 e. The van der Waals surface area contributed by atoms with Crippen molar-refractivity contribution in [2.45, 2.75) is 13.8 Å². The van der Waals surface area contributed by atoms with Crippen LogP contribution in [0.3, 0.4) is 0 Å². The Morgan fingerprint density at radius 2 is 1.38 bits per heavy atom. The molecule has 2 aromatic heterocycles. The highest BCUT2D eigenvalue weighted by Gasteiger charge is 2.21. The minimum absolute atomic E-state index is 0.196. The van der Waals surface area contributed by atoms with E-state index in [1.54, 1.807) is 12.1 Å². The minimum atomic E-state index is -0.279. The molecule has 2 rings (SSSR count). The Bertz CT molecular complexity index is 533. The Morgan fingerprint density at radius 1 is 0.952 bits per heavy atom. The molecule has 0 aromatic carbocycles. The highest BCUT2D eigenvalue weighted by Crippen LogP contribution is 2.13. The van der Waals surface area contributed by atoms with Crippen molar-refractivity contribution in [3.05, 3.63) is 48.3 Å². The van der Waals surface area contributed by atoms with Crippen molar-refractivity contribution in [2.75, 3.05) is 13.1 Å². The van der Waals surface area contributed by atoms with Crippen LogP contribution < -0.4 is 10.6 Å². The van der Waals surface area contributed by atoms with Crippen molar-refractivity contribution in [2.24, 2.45) is 5.41 Å². The maximum atomic E-state index is 11.8. The van der Waals surface area contributed by atoms with Crippen LogP contribution in [-0.2, 0) is 0 Å². The van der Waals surface area contributed by atoms with Crippen molar-refractivity contribution in [1.82, 2.24) is 10.6 Å². The van der Waals surface area contributed by atoms with Crippen molar-refractivity contribution in [3.63, 3.8) is 0 Å². The summed E-state index contributed by atoms with van der Waals surface area (Å²) in [7, 11) is 0. The standard InChI is InChI=1S/C15H18N2O4/c1-15(2,9-16-13(18)11-3-5-20-7-11)10-17-14(19)12-4-6-21-8-12/h3-8H,9-10H2,1-2H3,(H,16,18)(H,17,19). The molecule has 21 heavy (non-hydrogen) atoms. The van der Waals surface area contributed by atoms with E-state index in [0.717, 1.165) is 0 Å². The molecule has 2 N–H and O–H groups in total. The third kappa shape index (κ3) is 4.24. The first-order chi connectivity index (χ1) is 9.98. The van der Waals surface area contributed by atoms with E-state index in [1.807, 2.05) is 13.8 Å². The zero-order valence-electron chi connectivity index (χ0n) is 12.0. The molecular formula is C15H18N2O4. The fourth-order valence-electron chi connectivity index (χ4n) is 1.69. The molecule has 6 nitrogen and oxygen atoms in total. The number of hydrogen-bond acceptors (Lipinski definition) is 4. The largest absolute Gasteiger partial charge is 0.472 e. The van der Waals surface area contributed by atoms with Crippen LogP contribution in [-0.4, -0.2) is 24.9 Å². The summed E-state index contributed by atoms with van der Waals surface area (Å²) >= 11 is 0. The second-order valence-electron chi connectivity index (χ2n) is 5.55. The molecular weight excluding hydrogens is 272 g/mol. The summed E-state index contributed by atoms with van der Waals surface area (Å²) in [5, 5.41) is 5.63. The third-order valence-electron chi connectivity index (χ3n) is 3.02. The lowest BCUT2D eigenvalue weighted by Gasteiger charge is -2.25. The van der Waals surface area contributed by atoms with Gasteiger partial charge in [-0.25, -0.2) is 0 Å². The first-order valence-electron chi connectivity index (χ1n) is 6.59. The van der Waals surface area contributed by atoms with Gasteiger partial charge in [0.15, 0.2) is 0 Å². The van der Waals surface area contributed by atoms with Gasteiger partial charge in [0, 0.05) is 13.1 Å². The summed E-state index contributed by atoms with van der Waals surface area (Å²) < 4.78 is 9.72. The molecule has 0 atom stereocenters. The summed E-state index contributed by atoms with van der Waals surface area (Å²) in [5.41, 5.74) is 0.681. The molecule has 0 unspecified atom stereocenters. The van der Waals surface area contributed by atoms with Crippen LogP contribution in [0.25, 0.3) is 0 Å². The van der Waals surface area contributed by atoms with E-state index < -0.39 is 0 Å². The molecule has 0 spiro atoms. The number of amides is 2. The van der Waals surface area contributed by atoms with E-state index in [9.17, 15) is 9.59 Å². The molecule has 2 amide bonds. The average molecular weight is 290 g/mol. The zero-order chi connectivity index (χ0) is 15.3. The molecule has 0 aliphatic heterocycles. The predicted octanol–water partition coefficient (Wildman–Crippen LogP) is 2.06. The quantitative estimate of drug-likeness (QED) is 0.852. The molecule has 0 fully saturated rings. The molecule has 2 aromatic rings.